The van der Waals surface area contributed by atoms with Crippen LogP contribution in [0.5, 0.6) is 0 Å². The van der Waals surface area contributed by atoms with Gasteiger partial charge >= 0.3 is 5.97 Å². The lowest BCUT2D eigenvalue weighted by atomic mass is 10.0. The van der Waals surface area contributed by atoms with E-state index < -0.39 is 6.10 Å². The molecular weight excluding hydrogens is 546 g/mol. The van der Waals surface area contributed by atoms with Gasteiger partial charge in [0.15, 0.2) is 0 Å². The third kappa shape index (κ3) is 16.8. The van der Waals surface area contributed by atoms with Gasteiger partial charge in [0.05, 0.1) is 38.0 Å². The molecule has 1 amide bonds. The molecule has 0 aliphatic carbocycles. The summed E-state index contributed by atoms with van der Waals surface area (Å²) in [6, 6.07) is -0.0328. The molecule has 0 aromatic carbocycles. The van der Waals surface area contributed by atoms with Gasteiger partial charge < -0.3 is 35.3 Å². The number of amides is 1. The molecular formula is C34H63N3O6. The Morgan fingerprint density at radius 1 is 0.791 bits per heavy atom. The fourth-order valence-electron chi connectivity index (χ4n) is 5.81. The van der Waals surface area contributed by atoms with Gasteiger partial charge in [-0.15, -0.1) is 0 Å². The summed E-state index contributed by atoms with van der Waals surface area (Å²) in [6.07, 6.45) is 17.5. The number of rotatable bonds is 27. The van der Waals surface area contributed by atoms with Crippen molar-refractivity contribution in [2.45, 2.75) is 160 Å². The summed E-state index contributed by atoms with van der Waals surface area (Å²) >= 11 is 0. The van der Waals surface area contributed by atoms with Crippen molar-refractivity contribution in [2.75, 3.05) is 32.9 Å². The van der Waals surface area contributed by atoms with E-state index in [4.69, 9.17) is 14.2 Å². The molecule has 2 aliphatic heterocycles. The molecule has 2 rings (SSSR count). The monoisotopic (exact) mass is 609 g/mol. The largest absolute Gasteiger partial charge is 0.466 e. The molecule has 9 heteroatoms. The Balaban J connectivity index is 1.39. The van der Waals surface area contributed by atoms with E-state index in [2.05, 4.69) is 36.4 Å². The number of aliphatic hydroxyl groups is 1. The Bertz CT molecular complexity index is 766. The predicted molar refractivity (Wildman–Crippen MR) is 172 cm³/mol. The minimum Gasteiger partial charge on any atom is -0.466 e. The molecule has 0 spiro atoms. The number of carbonyl (C=O) groups excluding carboxylic acids is 2. The first kappa shape index (κ1) is 37.5. The highest BCUT2D eigenvalue weighted by atomic mass is 16.6. The molecule has 9 nitrogen and oxygen atoms in total. The van der Waals surface area contributed by atoms with E-state index >= 15 is 0 Å². The van der Waals surface area contributed by atoms with E-state index in [1.54, 1.807) is 0 Å². The average Bonchev–Trinajstić information content (AvgIpc) is 3.57. The van der Waals surface area contributed by atoms with E-state index in [1.165, 1.54) is 44.9 Å². The van der Waals surface area contributed by atoms with Crippen LogP contribution in [0.2, 0.25) is 0 Å². The first-order valence-corrected chi connectivity index (χ1v) is 17.5. The molecule has 2 aliphatic rings. The van der Waals surface area contributed by atoms with Gasteiger partial charge in [0.25, 0.3) is 0 Å². The van der Waals surface area contributed by atoms with Gasteiger partial charge in [-0.25, -0.2) is 0 Å². The molecule has 0 bridgehead atoms. The van der Waals surface area contributed by atoms with Crippen molar-refractivity contribution in [3.63, 3.8) is 0 Å². The van der Waals surface area contributed by atoms with Crippen LogP contribution in [0.25, 0.3) is 0 Å². The summed E-state index contributed by atoms with van der Waals surface area (Å²) in [7, 11) is 0. The second-order valence-corrected chi connectivity index (χ2v) is 12.5. The molecule has 4 N–H and O–H groups in total. The van der Waals surface area contributed by atoms with Gasteiger partial charge in [0.2, 0.25) is 5.91 Å². The number of carbonyl (C=O) groups is 2. The van der Waals surface area contributed by atoms with Gasteiger partial charge in [-0.1, -0.05) is 78.2 Å². The molecule has 2 fully saturated rings. The number of hydrogen-bond donors (Lipinski definition) is 4. The number of hydrogen-bond acceptors (Lipinski definition) is 8. The highest BCUT2D eigenvalue weighted by Crippen LogP contribution is 2.28. The lowest BCUT2D eigenvalue weighted by Crippen LogP contribution is -2.45. The highest BCUT2D eigenvalue weighted by Gasteiger charge is 2.48. The molecule has 3 unspecified atom stereocenters. The van der Waals surface area contributed by atoms with Crippen LogP contribution in [0.4, 0.5) is 0 Å². The third-order valence-corrected chi connectivity index (χ3v) is 8.44. The number of allylic oxidation sites excluding steroid dienone is 1. The third-order valence-electron chi connectivity index (χ3n) is 8.44. The van der Waals surface area contributed by atoms with Crippen LogP contribution >= 0.6 is 0 Å². The number of nitrogens with one attached hydrogen (secondary N) is 3. The van der Waals surface area contributed by atoms with E-state index in [9.17, 15) is 14.7 Å². The number of aliphatic hydroxyl groups excluding tert-OH is 1. The maximum Gasteiger partial charge on any atom is 0.305 e. The molecule has 0 aromatic heterocycles. The van der Waals surface area contributed by atoms with Gasteiger partial charge in [-0.3, -0.25) is 9.59 Å². The van der Waals surface area contributed by atoms with Crippen molar-refractivity contribution in [1.82, 2.24) is 16.0 Å². The van der Waals surface area contributed by atoms with Gasteiger partial charge in [0.1, 0.15) is 12.2 Å². The van der Waals surface area contributed by atoms with E-state index in [0.717, 1.165) is 57.2 Å². The summed E-state index contributed by atoms with van der Waals surface area (Å²) in [5.41, 5.74) is 0.970. The van der Waals surface area contributed by atoms with Gasteiger partial charge in [-0.2, -0.15) is 0 Å². The standard InChI is InChI=1S/C34H63N3O6/c1-4-6-8-9-10-11-12-13-16-23-41-32(40)21-17-19-28(38)24-35-22-15-14-18-27(3)36-29-25-42-34-30(26-43-33(29)34)37-31(39)20-7-5-2/h28-30,33-36,38H,3-26H2,1-2H3,(H,37,39)/t28?,29-,30-,33?,34?/m0/s1. The summed E-state index contributed by atoms with van der Waals surface area (Å²) in [5.74, 6) is -0.0806. The maximum atomic E-state index is 12.1. The van der Waals surface area contributed by atoms with Crippen molar-refractivity contribution in [3.8, 4) is 0 Å². The van der Waals surface area contributed by atoms with Gasteiger partial charge in [-0.05, 0) is 51.5 Å². The Labute approximate surface area is 261 Å². The Morgan fingerprint density at radius 2 is 1.42 bits per heavy atom. The smallest absolute Gasteiger partial charge is 0.305 e. The number of unbranched alkanes of at least 4 members (excludes halogenated alkanes) is 10. The van der Waals surface area contributed by atoms with Crippen molar-refractivity contribution in [2.24, 2.45) is 0 Å². The van der Waals surface area contributed by atoms with Crippen molar-refractivity contribution >= 4 is 11.9 Å². The molecule has 2 saturated heterocycles. The zero-order valence-electron chi connectivity index (χ0n) is 27.3. The molecule has 5 atom stereocenters. The quantitative estimate of drug-likeness (QED) is 0.0733. The highest BCUT2D eigenvalue weighted by molar-refractivity contribution is 5.76. The fourth-order valence-corrected chi connectivity index (χ4v) is 5.81. The van der Waals surface area contributed by atoms with E-state index in [-0.39, 0.29) is 36.2 Å². The van der Waals surface area contributed by atoms with Crippen molar-refractivity contribution in [3.05, 3.63) is 12.3 Å². The van der Waals surface area contributed by atoms with Crippen LogP contribution in [-0.4, -0.2) is 80.3 Å². The SMILES string of the molecule is C=C(CCCCNCC(O)CCCC(=O)OCCCCCCCCCCC)N[C@H]1COC2C1OC[C@@H]2NC(=O)CCCC. The van der Waals surface area contributed by atoms with Crippen molar-refractivity contribution < 1.29 is 28.9 Å². The minimum absolute atomic E-state index is 0.0514. The van der Waals surface area contributed by atoms with Gasteiger partial charge in [0, 0.05) is 25.1 Å². The molecule has 0 aromatic rings. The lowest BCUT2D eigenvalue weighted by Gasteiger charge is -2.20. The summed E-state index contributed by atoms with van der Waals surface area (Å²) in [4.78, 5) is 24.0. The summed E-state index contributed by atoms with van der Waals surface area (Å²) in [5, 5.41) is 20.1. The molecule has 0 saturated carbocycles. The van der Waals surface area contributed by atoms with Crippen molar-refractivity contribution in [1.29, 1.82) is 0 Å². The van der Waals surface area contributed by atoms with Crippen LogP contribution in [0.15, 0.2) is 12.3 Å². The van der Waals surface area contributed by atoms with Crippen LogP contribution in [0.1, 0.15) is 129 Å². The summed E-state index contributed by atoms with van der Waals surface area (Å²) in [6.45, 7) is 11.4. The molecule has 0 radical (unpaired) electrons. The molecule has 250 valence electrons. The van der Waals surface area contributed by atoms with Crippen LogP contribution in [-0.2, 0) is 23.8 Å². The lowest BCUT2D eigenvalue weighted by molar-refractivity contribution is -0.144. The maximum absolute atomic E-state index is 12.1. The molecule has 43 heavy (non-hydrogen) atoms. The first-order valence-electron chi connectivity index (χ1n) is 17.5. The topological polar surface area (TPSA) is 118 Å². The van der Waals surface area contributed by atoms with Crippen LogP contribution in [0.3, 0.4) is 0 Å². The predicted octanol–water partition coefficient (Wildman–Crippen LogP) is 5.30. The Morgan fingerprint density at radius 3 is 2.09 bits per heavy atom. The summed E-state index contributed by atoms with van der Waals surface area (Å²) < 4.78 is 17.3. The van der Waals surface area contributed by atoms with E-state index in [1.807, 2.05) is 0 Å². The van der Waals surface area contributed by atoms with E-state index in [0.29, 0.717) is 52.0 Å². The number of esters is 1. The second kappa shape index (κ2) is 23.7. The average molecular weight is 610 g/mol. The Hall–Kier alpha value is -1.68. The van der Waals surface area contributed by atoms with Crippen LogP contribution in [0, 0.1) is 0 Å². The number of ether oxygens (including phenoxy) is 3. The number of fused-ring (bicyclic) bond motifs is 1. The fraction of sp³-hybridized carbons (Fsp3) is 0.882. The Kier molecular flexibility index (Phi) is 20.6. The normalized spacial score (nSPS) is 21.8. The zero-order chi connectivity index (χ0) is 31.1. The van der Waals surface area contributed by atoms with Crippen LogP contribution < -0.4 is 16.0 Å². The zero-order valence-corrected chi connectivity index (χ0v) is 27.3. The molecule has 2 heterocycles. The first-order chi connectivity index (χ1) is 20.9. The second-order valence-electron chi connectivity index (χ2n) is 12.5. The minimum atomic E-state index is -0.455.